The molecule has 7 heteroatoms. The van der Waals surface area contributed by atoms with Gasteiger partial charge in [-0.15, -0.1) is 0 Å². The highest BCUT2D eigenvalue weighted by Crippen LogP contribution is 2.28. The maximum atomic E-state index is 11.7. The molecule has 25 heavy (non-hydrogen) atoms. The lowest BCUT2D eigenvalue weighted by molar-refractivity contribution is -0.136. The van der Waals surface area contributed by atoms with Gasteiger partial charge in [-0.25, -0.2) is 9.59 Å². The van der Waals surface area contributed by atoms with Gasteiger partial charge in [-0.05, 0) is 43.3 Å². The third-order valence-electron chi connectivity index (χ3n) is 2.92. The third-order valence-corrected chi connectivity index (χ3v) is 2.92. The Labute approximate surface area is 143 Å². The Kier molecular flexibility index (Phi) is 5.62. The molecule has 2 rings (SSSR count). The van der Waals surface area contributed by atoms with Crippen LogP contribution in [-0.2, 0) is 9.59 Å². The third kappa shape index (κ3) is 5.28. The van der Waals surface area contributed by atoms with Crippen LogP contribution in [0.1, 0.15) is 6.92 Å². The second-order valence-corrected chi connectivity index (χ2v) is 5.05. The second-order valence-electron chi connectivity index (χ2n) is 5.05. The van der Waals surface area contributed by atoms with Gasteiger partial charge in [0.15, 0.2) is 18.1 Å². The molecule has 0 aliphatic heterocycles. The van der Waals surface area contributed by atoms with E-state index in [2.05, 4.69) is 6.58 Å². The zero-order valence-electron chi connectivity index (χ0n) is 13.4. The largest absolute Gasteiger partial charge is 0.504 e. The van der Waals surface area contributed by atoms with E-state index in [-0.39, 0.29) is 28.6 Å². The lowest BCUT2D eigenvalue weighted by Gasteiger charge is -2.08. The molecule has 2 aromatic carbocycles. The monoisotopic (exact) mass is 344 g/mol. The van der Waals surface area contributed by atoms with Gasteiger partial charge in [0.25, 0.3) is 0 Å². The van der Waals surface area contributed by atoms with Crippen molar-refractivity contribution in [3.63, 3.8) is 0 Å². The van der Waals surface area contributed by atoms with Crippen molar-refractivity contribution in [2.45, 2.75) is 6.92 Å². The van der Waals surface area contributed by atoms with Gasteiger partial charge in [0.05, 0.1) is 0 Å². The summed E-state index contributed by atoms with van der Waals surface area (Å²) in [6.45, 7) is 4.62. The topological polar surface area (TPSA) is 102 Å². The number of esters is 2. The molecule has 7 nitrogen and oxygen atoms in total. The van der Waals surface area contributed by atoms with E-state index in [4.69, 9.17) is 14.2 Å². The first-order chi connectivity index (χ1) is 11.8. The first-order valence-electron chi connectivity index (χ1n) is 7.18. The van der Waals surface area contributed by atoms with E-state index in [0.29, 0.717) is 5.75 Å². The van der Waals surface area contributed by atoms with E-state index in [1.165, 1.54) is 49.4 Å². The molecule has 130 valence electrons. The minimum atomic E-state index is -0.667. The van der Waals surface area contributed by atoms with Crippen LogP contribution in [0.5, 0.6) is 28.7 Å². The van der Waals surface area contributed by atoms with Gasteiger partial charge in [-0.3, -0.25) is 0 Å². The van der Waals surface area contributed by atoms with Crippen molar-refractivity contribution in [1.29, 1.82) is 0 Å². The van der Waals surface area contributed by atoms with Crippen molar-refractivity contribution in [2.24, 2.45) is 0 Å². The van der Waals surface area contributed by atoms with Crippen LogP contribution < -0.4 is 14.2 Å². The molecule has 0 bridgehead atoms. The van der Waals surface area contributed by atoms with Crippen LogP contribution >= 0.6 is 0 Å². The van der Waals surface area contributed by atoms with Gasteiger partial charge in [-0.2, -0.15) is 0 Å². The number of carbonyl (C=O) groups excluding carboxylic acids is 2. The Morgan fingerprint density at radius 1 is 0.920 bits per heavy atom. The highest BCUT2D eigenvalue weighted by atomic mass is 16.6. The molecule has 0 atom stereocenters. The van der Waals surface area contributed by atoms with Crippen LogP contribution in [0.25, 0.3) is 0 Å². The van der Waals surface area contributed by atoms with Crippen molar-refractivity contribution < 1.29 is 34.0 Å². The van der Waals surface area contributed by atoms with Crippen LogP contribution in [0.2, 0.25) is 0 Å². The van der Waals surface area contributed by atoms with Crippen molar-refractivity contribution in [3.05, 3.63) is 54.6 Å². The highest BCUT2D eigenvalue weighted by Gasteiger charge is 2.09. The summed E-state index contributed by atoms with van der Waals surface area (Å²) in [5, 5.41) is 18.5. The summed E-state index contributed by atoms with van der Waals surface area (Å²) < 4.78 is 15.2. The molecule has 0 radical (unpaired) electrons. The van der Waals surface area contributed by atoms with Crippen LogP contribution in [-0.4, -0.2) is 28.8 Å². The fourth-order valence-electron chi connectivity index (χ4n) is 1.67. The summed E-state index contributed by atoms with van der Waals surface area (Å²) in [4.78, 5) is 23.1. The Hall–Kier alpha value is -3.48. The molecule has 0 aromatic heterocycles. The number of phenols is 2. The maximum Gasteiger partial charge on any atom is 0.349 e. The minimum Gasteiger partial charge on any atom is -0.504 e. The van der Waals surface area contributed by atoms with Crippen molar-refractivity contribution >= 4 is 11.9 Å². The van der Waals surface area contributed by atoms with Gasteiger partial charge < -0.3 is 24.4 Å². The Balaban J connectivity index is 1.86. The fraction of sp³-hybridized carbons (Fsp3) is 0.111. The Bertz CT molecular complexity index is 794. The first kappa shape index (κ1) is 17.9. The molecule has 0 saturated carbocycles. The lowest BCUT2D eigenvalue weighted by atomic mass is 10.3. The van der Waals surface area contributed by atoms with E-state index in [1.807, 2.05) is 0 Å². The minimum absolute atomic E-state index is 0.203. The molecular formula is C18H16O7. The van der Waals surface area contributed by atoms with E-state index < -0.39 is 18.5 Å². The van der Waals surface area contributed by atoms with Crippen molar-refractivity contribution in [3.8, 4) is 28.7 Å². The number of phenolic OH excluding ortho intramolecular Hbond substituents is 2. The normalized spacial score (nSPS) is 9.96. The van der Waals surface area contributed by atoms with Gasteiger partial charge in [0.1, 0.15) is 17.2 Å². The summed E-state index contributed by atoms with van der Waals surface area (Å²) in [5.74, 6) is -1.11. The average Bonchev–Trinajstić information content (AvgIpc) is 2.57. The Morgan fingerprint density at radius 2 is 1.48 bits per heavy atom. The molecule has 0 aliphatic rings. The predicted octanol–water partition coefficient (Wildman–Crippen LogP) is 2.56. The molecule has 0 amide bonds. The average molecular weight is 344 g/mol. The number of carbonyl (C=O) groups is 2. The van der Waals surface area contributed by atoms with Crippen LogP contribution in [0, 0.1) is 0 Å². The Morgan fingerprint density at radius 3 is 2.04 bits per heavy atom. The zero-order valence-corrected chi connectivity index (χ0v) is 13.4. The molecule has 0 unspecified atom stereocenters. The van der Waals surface area contributed by atoms with E-state index in [1.54, 1.807) is 0 Å². The summed E-state index contributed by atoms with van der Waals surface area (Å²) in [7, 11) is 0. The molecule has 0 aliphatic carbocycles. The number of rotatable bonds is 6. The van der Waals surface area contributed by atoms with Crippen LogP contribution in [0.4, 0.5) is 0 Å². The molecule has 2 N–H and O–H groups in total. The number of benzene rings is 2. The number of hydrogen-bond acceptors (Lipinski definition) is 7. The van der Waals surface area contributed by atoms with Gasteiger partial charge >= 0.3 is 11.9 Å². The molecule has 0 heterocycles. The second kappa shape index (κ2) is 7.87. The molecule has 2 aromatic rings. The molecule has 0 fully saturated rings. The van der Waals surface area contributed by atoms with Crippen LogP contribution in [0.3, 0.4) is 0 Å². The number of ether oxygens (including phenoxy) is 3. The van der Waals surface area contributed by atoms with Crippen molar-refractivity contribution in [1.82, 2.24) is 0 Å². The quantitative estimate of drug-likeness (QED) is 0.359. The molecular weight excluding hydrogens is 328 g/mol. The zero-order chi connectivity index (χ0) is 18.4. The smallest absolute Gasteiger partial charge is 0.349 e. The highest BCUT2D eigenvalue weighted by molar-refractivity contribution is 5.88. The summed E-state index contributed by atoms with van der Waals surface area (Å²) in [5.41, 5.74) is 0.271. The first-order valence-corrected chi connectivity index (χ1v) is 7.18. The lowest BCUT2D eigenvalue weighted by Crippen LogP contribution is -2.17. The van der Waals surface area contributed by atoms with Crippen LogP contribution in [0.15, 0.2) is 54.6 Å². The standard InChI is InChI=1S/C18H16O7/c1-11(2)18(22)25-13-5-3-12(4-6-13)24-17(21)10-23-14-7-8-15(19)16(20)9-14/h3-9,19-20H,1,10H2,2H3. The van der Waals surface area contributed by atoms with Gasteiger partial charge in [0.2, 0.25) is 0 Å². The van der Waals surface area contributed by atoms with E-state index >= 15 is 0 Å². The number of hydrogen-bond donors (Lipinski definition) is 2. The number of aromatic hydroxyl groups is 2. The van der Waals surface area contributed by atoms with Gasteiger partial charge in [-0.1, -0.05) is 6.58 Å². The molecule has 0 spiro atoms. The fourth-order valence-corrected chi connectivity index (χ4v) is 1.67. The summed E-state index contributed by atoms with van der Waals surface area (Å²) in [6.07, 6.45) is 0. The van der Waals surface area contributed by atoms with Gasteiger partial charge in [0, 0.05) is 11.6 Å². The SMILES string of the molecule is C=C(C)C(=O)Oc1ccc(OC(=O)COc2ccc(O)c(O)c2)cc1. The summed E-state index contributed by atoms with van der Waals surface area (Å²) >= 11 is 0. The maximum absolute atomic E-state index is 11.7. The molecule has 0 saturated heterocycles. The van der Waals surface area contributed by atoms with E-state index in [0.717, 1.165) is 0 Å². The summed E-state index contributed by atoms with van der Waals surface area (Å²) in [6, 6.07) is 9.68. The predicted molar refractivity (Wildman–Crippen MR) is 87.8 cm³/mol. The van der Waals surface area contributed by atoms with Crippen molar-refractivity contribution in [2.75, 3.05) is 6.61 Å². The van der Waals surface area contributed by atoms with E-state index in [9.17, 15) is 19.8 Å².